The second kappa shape index (κ2) is 8.70. The molecule has 0 radical (unpaired) electrons. The molecule has 1 N–H and O–H groups in total. The lowest BCUT2D eigenvalue weighted by Crippen LogP contribution is -2.40. The molecule has 0 bridgehead atoms. The number of rotatable bonds is 4. The second-order valence-electron chi connectivity index (χ2n) is 6.39. The summed E-state index contributed by atoms with van der Waals surface area (Å²) in [5, 5.41) is 3.88. The monoisotopic (exact) mass is 458 g/mol. The van der Waals surface area contributed by atoms with Gasteiger partial charge >= 0.3 is 0 Å². The number of hydrogen-bond donors (Lipinski definition) is 1. The highest BCUT2D eigenvalue weighted by Crippen LogP contribution is 2.27. The summed E-state index contributed by atoms with van der Waals surface area (Å²) in [6.07, 6.45) is 1.68. The Morgan fingerprint density at radius 1 is 1.27 bits per heavy atom. The molecule has 0 saturated carbocycles. The number of halogens is 4. The predicted molar refractivity (Wildman–Crippen MR) is 107 cm³/mol. The van der Waals surface area contributed by atoms with Gasteiger partial charge in [0, 0.05) is 33.8 Å². The number of likely N-dealkylation sites (tertiary alicyclic amines) is 1. The van der Waals surface area contributed by atoms with Gasteiger partial charge in [-0.1, -0.05) is 29.3 Å². The highest BCUT2D eigenvalue weighted by Gasteiger charge is 2.27. The molecule has 1 aliphatic rings. The molecule has 2 aromatic rings. The molecule has 138 valence electrons. The van der Waals surface area contributed by atoms with Crippen LogP contribution in [0.15, 0.2) is 40.9 Å². The Labute approximate surface area is 170 Å². The zero-order valence-electron chi connectivity index (χ0n) is 13.9. The third-order valence-electron chi connectivity index (χ3n) is 4.51. The fraction of sp³-hybridized carbons (Fsp3) is 0.316. The molecular formula is C19H18BrCl2FN2O. The summed E-state index contributed by atoms with van der Waals surface area (Å²) in [5.41, 5.74) is 1.15. The zero-order chi connectivity index (χ0) is 18.7. The van der Waals surface area contributed by atoms with E-state index in [-0.39, 0.29) is 17.6 Å². The van der Waals surface area contributed by atoms with Gasteiger partial charge < -0.3 is 5.32 Å². The summed E-state index contributed by atoms with van der Waals surface area (Å²) in [5.74, 6) is -0.516. The number of carbonyl (C=O) groups is 1. The molecule has 1 heterocycles. The van der Waals surface area contributed by atoms with Crippen molar-refractivity contribution in [2.24, 2.45) is 5.92 Å². The number of hydrogen-bond acceptors (Lipinski definition) is 2. The minimum Gasteiger partial charge on any atom is -0.326 e. The highest BCUT2D eigenvalue weighted by molar-refractivity contribution is 9.10. The van der Waals surface area contributed by atoms with Crippen LogP contribution in [0.25, 0.3) is 0 Å². The van der Waals surface area contributed by atoms with Crippen molar-refractivity contribution in [1.29, 1.82) is 0 Å². The van der Waals surface area contributed by atoms with Gasteiger partial charge in [0.25, 0.3) is 0 Å². The molecule has 26 heavy (non-hydrogen) atoms. The van der Waals surface area contributed by atoms with E-state index in [1.165, 1.54) is 6.07 Å². The summed E-state index contributed by atoms with van der Waals surface area (Å²) in [4.78, 5) is 14.7. The van der Waals surface area contributed by atoms with Crippen LogP contribution in [0, 0.1) is 11.7 Å². The van der Waals surface area contributed by atoms with Crippen molar-refractivity contribution in [1.82, 2.24) is 4.90 Å². The largest absolute Gasteiger partial charge is 0.326 e. The van der Waals surface area contributed by atoms with Crippen molar-refractivity contribution in [3.05, 3.63) is 62.3 Å². The third-order valence-corrected chi connectivity index (χ3v) is 6.09. The first kappa shape index (κ1) is 19.6. The molecular weight excluding hydrogens is 442 g/mol. The zero-order valence-corrected chi connectivity index (χ0v) is 17.0. The third kappa shape index (κ3) is 4.77. The van der Waals surface area contributed by atoms with E-state index in [4.69, 9.17) is 23.2 Å². The molecule has 1 atom stereocenters. The summed E-state index contributed by atoms with van der Waals surface area (Å²) in [6, 6.07) is 10.00. The number of piperidine rings is 1. The van der Waals surface area contributed by atoms with Crippen LogP contribution < -0.4 is 5.32 Å². The van der Waals surface area contributed by atoms with E-state index in [0.29, 0.717) is 34.4 Å². The van der Waals surface area contributed by atoms with Crippen molar-refractivity contribution in [3.8, 4) is 0 Å². The van der Waals surface area contributed by atoms with Gasteiger partial charge in [-0.25, -0.2) is 4.39 Å². The van der Waals surface area contributed by atoms with Crippen molar-refractivity contribution in [2.75, 3.05) is 18.4 Å². The molecule has 0 aromatic heterocycles. The minimum absolute atomic E-state index is 0.0484. The Hall–Kier alpha value is -1.14. The molecule has 1 fully saturated rings. The normalized spacial score (nSPS) is 17.9. The SMILES string of the molecule is O=C(Nc1ccc(Br)c(Cl)c1)C1CCCN(Cc2c(F)cccc2Cl)C1. The number of carbonyl (C=O) groups excluding carboxylic acids is 1. The van der Waals surface area contributed by atoms with Crippen molar-refractivity contribution in [3.63, 3.8) is 0 Å². The standard InChI is InChI=1S/C19H18BrCl2FN2O/c20-15-7-6-13(9-17(15)22)24-19(26)12-3-2-8-25(10-12)11-14-16(21)4-1-5-18(14)23/h1,4-7,9,12H,2-3,8,10-11H2,(H,24,26). The van der Waals surface area contributed by atoms with Crippen LogP contribution in [0.1, 0.15) is 18.4 Å². The second-order valence-corrected chi connectivity index (χ2v) is 8.06. The van der Waals surface area contributed by atoms with E-state index in [2.05, 4.69) is 26.1 Å². The van der Waals surface area contributed by atoms with Gasteiger partial charge in [-0.2, -0.15) is 0 Å². The van der Waals surface area contributed by atoms with Crippen LogP contribution in [-0.4, -0.2) is 23.9 Å². The Bertz CT molecular complexity index is 798. The Balaban J connectivity index is 1.64. The van der Waals surface area contributed by atoms with Crippen LogP contribution in [0.3, 0.4) is 0 Å². The molecule has 1 aliphatic heterocycles. The Morgan fingerprint density at radius 3 is 2.81 bits per heavy atom. The van der Waals surface area contributed by atoms with Gasteiger partial charge in [0.05, 0.1) is 10.9 Å². The Kier molecular flexibility index (Phi) is 6.56. The lowest BCUT2D eigenvalue weighted by atomic mass is 9.96. The van der Waals surface area contributed by atoms with Gasteiger partial charge in [-0.05, 0) is 65.6 Å². The van der Waals surface area contributed by atoms with Gasteiger partial charge in [0.15, 0.2) is 0 Å². The smallest absolute Gasteiger partial charge is 0.228 e. The average Bonchev–Trinajstić information content (AvgIpc) is 2.62. The van der Waals surface area contributed by atoms with Crippen molar-refractivity contribution in [2.45, 2.75) is 19.4 Å². The number of anilines is 1. The highest BCUT2D eigenvalue weighted by atomic mass is 79.9. The molecule has 2 aromatic carbocycles. The number of nitrogens with zero attached hydrogens (tertiary/aromatic N) is 1. The summed E-state index contributed by atoms with van der Waals surface area (Å²) in [6.45, 7) is 1.79. The maximum absolute atomic E-state index is 14.0. The molecule has 7 heteroatoms. The van der Waals surface area contributed by atoms with Crippen LogP contribution in [-0.2, 0) is 11.3 Å². The van der Waals surface area contributed by atoms with Gasteiger partial charge in [-0.3, -0.25) is 9.69 Å². The van der Waals surface area contributed by atoms with Crippen molar-refractivity contribution < 1.29 is 9.18 Å². The first-order valence-corrected chi connectivity index (χ1v) is 9.90. The van der Waals surface area contributed by atoms with Crippen LogP contribution in [0.4, 0.5) is 10.1 Å². The summed E-state index contributed by atoms with van der Waals surface area (Å²) in [7, 11) is 0. The maximum Gasteiger partial charge on any atom is 0.228 e. The van der Waals surface area contributed by atoms with E-state index >= 15 is 0 Å². The quantitative estimate of drug-likeness (QED) is 0.631. The van der Waals surface area contributed by atoms with E-state index in [1.807, 2.05) is 0 Å². The molecule has 1 amide bonds. The molecule has 0 spiro atoms. The topological polar surface area (TPSA) is 32.3 Å². The summed E-state index contributed by atoms with van der Waals surface area (Å²) >= 11 is 15.5. The first-order valence-electron chi connectivity index (χ1n) is 8.35. The fourth-order valence-corrected chi connectivity index (χ4v) is 3.79. The lowest BCUT2D eigenvalue weighted by molar-refractivity contribution is -0.121. The van der Waals surface area contributed by atoms with E-state index in [9.17, 15) is 9.18 Å². The molecule has 1 unspecified atom stereocenters. The maximum atomic E-state index is 14.0. The van der Waals surface area contributed by atoms with Gasteiger partial charge in [-0.15, -0.1) is 0 Å². The van der Waals surface area contributed by atoms with Crippen LogP contribution in [0.2, 0.25) is 10.0 Å². The predicted octanol–water partition coefficient (Wildman–Crippen LogP) is 5.75. The number of benzene rings is 2. The molecule has 3 nitrogen and oxygen atoms in total. The number of nitrogens with one attached hydrogen (secondary N) is 1. The lowest BCUT2D eigenvalue weighted by Gasteiger charge is -2.32. The molecule has 0 aliphatic carbocycles. The van der Waals surface area contributed by atoms with E-state index < -0.39 is 0 Å². The Morgan fingerprint density at radius 2 is 2.08 bits per heavy atom. The molecule has 1 saturated heterocycles. The van der Waals surface area contributed by atoms with Crippen LogP contribution in [0.5, 0.6) is 0 Å². The first-order chi connectivity index (χ1) is 12.4. The van der Waals surface area contributed by atoms with E-state index in [0.717, 1.165) is 23.9 Å². The van der Waals surface area contributed by atoms with Crippen molar-refractivity contribution >= 4 is 50.7 Å². The number of amides is 1. The molecule has 3 rings (SSSR count). The fourth-order valence-electron chi connectivity index (χ4n) is 3.14. The van der Waals surface area contributed by atoms with E-state index in [1.54, 1.807) is 30.3 Å². The van der Waals surface area contributed by atoms with Gasteiger partial charge in [0.2, 0.25) is 5.91 Å². The summed E-state index contributed by atoms with van der Waals surface area (Å²) < 4.78 is 14.8. The average molecular weight is 460 g/mol. The minimum atomic E-state index is -0.312. The van der Waals surface area contributed by atoms with Gasteiger partial charge in [0.1, 0.15) is 5.82 Å². The van der Waals surface area contributed by atoms with Crippen LogP contribution >= 0.6 is 39.1 Å².